The van der Waals surface area contributed by atoms with Crippen molar-refractivity contribution in [3.8, 4) is 10.4 Å². The lowest BCUT2D eigenvalue weighted by Crippen LogP contribution is -3.00. The minimum Gasteiger partial charge on any atom is -1.00 e. The highest BCUT2D eigenvalue weighted by Gasteiger charge is 2.09. The molecule has 0 saturated carbocycles. The van der Waals surface area contributed by atoms with Gasteiger partial charge in [-0.25, -0.2) is 0 Å². The van der Waals surface area contributed by atoms with Crippen molar-refractivity contribution in [1.29, 1.82) is 0 Å². The lowest BCUT2D eigenvalue weighted by molar-refractivity contribution is -0.672. The van der Waals surface area contributed by atoms with Crippen LogP contribution in [0.25, 0.3) is 10.4 Å². The average Bonchev–Trinajstić information content (AvgIpc) is 2.49. The number of thiazole rings is 1. The molecule has 0 amide bonds. The molecule has 2 rings (SSSR count). The largest absolute Gasteiger partial charge is 1.00 e. The Morgan fingerprint density at radius 1 is 1.14 bits per heavy atom. The van der Waals surface area contributed by atoms with E-state index in [4.69, 9.17) is 0 Å². The zero-order valence-corrected chi connectivity index (χ0v) is 11.2. The van der Waals surface area contributed by atoms with E-state index in [1.165, 1.54) is 15.4 Å². The van der Waals surface area contributed by atoms with Gasteiger partial charge in [-0.05, 0) is 5.56 Å². The van der Waals surface area contributed by atoms with E-state index in [2.05, 4.69) is 49.0 Å². The molecular weight excluding hydrogens is 305 g/mol. The van der Waals surface area contributed by atoms with Crippen LogP contribution in [0, 0.1) is 6.92 Å². The van der Waals surface area contributed by atoms with E-state index < -0.39 is 0 Å². The average molecular weight is 317 g/mol. The predicted molar refractivity (Wildman–Crippen MR) is 55.7 cm³/mol. The number of rotatable bonds is 1. The number of hydrogen-bond acceptors (Lipinski definition) is 1. The first-order chi connectivity index (χ1) is 6.27. The van der Waals surface area contributed by atoms with E-state index >= 15 is 0 Å². The number of nitrogens with zero attached hydrogens (tertiary/aromatic N) is 1. The molecule has 0 saturated heterocycles. The Bertz CT molecular complexity index is 389. The van der Waals surface area contributed by atoms with Crippen molar-refractivity contribution < 1.29 is 28.5 Å². The van der Waals surface area contributed by atoms with Crippen molar-refractivity contribution >= 4 is 11.3 Å². The van der Waals surface area contributed by atoms with E-state index in [0.717, 1.165) is 0 Å². The van der Waals surface area contributed by atoms with Crippen LogP contribution in [0.5, 0.6) is 0 Å². The van der Waals surface area contributed by atoms with Crippen LogP contribution in [-0.4, -0.2) is 0 Å². The number of aromatic nitrogens is 1. The minimum absolute atomic E-state index is 0. The normalized spacial score (nSPS) is 9.57. The summed E-state index contributed by atoms with van der Waals surface area (Å²) >= 11 is 1.83. The molecule has 0 spiro atoms. The monoisotopic (exact) mass is 317 g/mol. The van der Waals surface area contributed by atoms with Crippen molar-refractivity contribution in [2.24, 2.45) is 7.05 Å². The summed E-state index contributed by atoms with van der Waals surface area (Å²) in [5.41, 5.74) is 1.30. The summed E-state index contributed by atoms with van der Waals surface area (Å²) in [4.78, 5) is 1.33. The number of halogens is 1. The van der Waals surface area contributed by atoms with Gasteiger partial charge >= 0.3 is 0 Å². The second kappa shape index (κ2) is 4.89. The van der Waals surface area contributed by atoms with Gasteiger partial charge in [-0.1, -0.05) is 41.7 Å². The maximum absolute atomic E-state index is 2.18. The Labute approximate surface area is 105 Å². The van der Waals surface area contributed by atoms with Gasteiger partial charge in [0.2, 0.25) is 5.01 Å². The van der Waals surface area contributed by atoms with Crippen LogP contribution >= 0.6 is 11.3 Å². The van der Waals surface area contributed by atoms with E-state index in [1.54, 1.807) is 0 Å². The summed E-state index contributed by atoms with van der Waals surface area (Å²) in [5, 5.41) is 1.33. The molecule has 1 nitrogen and oxygen atoms in total. The quantitative estimate of drug-likeness (QED) is 0.496. The zero-order valence-electron chi connectivity index (χ0n) is 8.20. The van der Waals surface area contributed by atoms with Gasteiger partial charge in [0, 0.05) is 6.92 Å². The van der Waals surface area contributed by atoms with Gasteiger partial charge in [-0.15, -0.1) is 0 Å². The molecule has 1 aromatic heterocycles. The molecular formula is C11H12INS. The van der Waals surface area contributed by atoms with Crippen LogP contribution in [0.3, 0.4) is 0 Å². The fraction of sp³-hybridized carbons (Fsp3) is 0.182. The highest BCUT2D eigenvalue weighted by molar-refractivity contribution is 7.14. The highest BCUT2D eigenvalue weighted by Crippen LogP contribution is 2.23. The molecule has 1 heterocycles. The summed E-state index contributed by atoms with van der Waals surface area (Å²) in [7, 11) is 2.08. The van der Waals surface area contributed by atoms with E-state index in [0.29, 0.717) is 0 Å². The summed E-state index contributed by atoms with van der Waals surface area (Å²) in [6, 6.07) is 10.5. The number of benzene rings is 1. The minimum atomic E-state index is 0. The lowest BCUT2D eigenvalue weighted by Gasteiger charge is -1.90. The SMILES string of the molecule is Cc1sc(-c2ccccc2)c[n+]1C.[I-]. The smallest absolute Gasteiger partial charge is 0.234 e. The molecule has 74 valence electrons. The van der Waals surface area contributed by atoms with Crippen molar-refractivity contribution in [1.82, 2.24) is 0 Å². The van der Waals surface area contributed by atoms with Crippen molar-refractivity contribution in [2.75, 3.05) is 0 Å². The van der Waals surface area contributed by atoms with Gasteiger partial charge in [-0.2, -0.15) is 4.57 Å². The first-order valence-electron chi connectivity index (χ1n) is 4.29. The van der Waals surface area contributed by atoms with Crippen LogP contribution in [0.2, 0.25) is 0 Å². The molecule has 3 heteroatoms. The molecule has 14 heavy (non-hydrogen) atoms. The summed E-state index contributed by atoms with van der Waals surface area (Å²) in [5.74, 6) is 0. The molecule has 0 aliphatic carbocycles. The Morgan fingerprint density at radius 3 is 2.29 bits per heavy atom. The molecule has 0 unspecified atom stereocenters. The first-order valence-corrected chi connectivity index (χ1v) is 5.10. The Kier molecular flexibility index (Phi) is 4.07. The van der Waals surface area contributed by atoms with Gasteiger partial charge in [0.05, 0.1) is 0 Å². The molecule has 0 radical (unpaired) electrons. The van der Waals surface area contributed by atoms with E-state index in [9.17, 15) is 0 Å². The Morgan fingerprint density at radius 2 is 1.79 bits per heavy atom. The summed E-state index contributed by atoms with van der Waals surface area (Å²) in [6.45, 7) is 2.14. The van der Waals surface area contributed by atoms with E-state index in [-0.39, 0.29) is 24.0 Å². The van der Waals surface area contributed by atoms with Gasteiger partial charge < -0.3 is 24.0 Å². The third kappa shape index (κ3) is 2.33. The first kappa shape index (κ1) is 11.7. The second-order valence-corrected chi connectivity index (χ2v) is 4.33. The van der Waals surface area contributed by atoms with Crippen LogP contribution in [-0.2, 0) is 7.05 Å². The van der Waals surface area contributed by atoms with Crippen molar-refractivity contribution in [2.45, 2.75) is 6.92 Å². The molecule has 0 aliphatic heterocycles. The maximum atomic E-state index is 2.18. The Hall–Kier alpha value is -0.420. The predicted octanol–water partition coefficient (Wildman–Crippen LogP) is -0.448. The van der Waals surface area contributed by atoms with Gasteiger partial charge in [0.1, 0.15) is 11.9 Å². The molecule has 0 fully saturated rings. The van der Waals surface area contributed by atoms with Crippen LogP contribution < -0.4 is 28.5 Å². The molecule has 0 atom stereocenters. The van der Waals surface area contributed by atoms with Gasteiger partial charge in [0.25, 0.3) is 0 Å². The summed E-state index contributed by atoms with van der Waals surface area (Å²) in [6.07, 6.45) is 2.18. The Balaban J connectivity index is 0.000000980. The van der Waals surface area contributed by atoms with Gasteiger partial charge in [0.15, 0.2) is 6.20 Å². The van der Waals surface area contributed by atoms with Crippen molar-refractivity contribution in [3.05, 3.63) is 41.5 Å². The molecule has 2 aromatic rings. The molecule has 0 aliphatic rings. The molecule has 0 N–H and O–H groups in total. The fourth-order valence-corrected chi connectivity index (χ4v) is 2.24. The highest BCUT2D eigenvalue weighted by atomic mass is 127. The number of aryl methyl sites for hydroxylation is 2. The van der Waals surface area contributed by atoms with Gasteiger partial charge in [-0.3, -0.25) is 0 Å². The number of hydrogen-bond donors (Lipinski definition) is 0. The fourth-order valence-electron chi connectivity index (χ4n) is 1.26. The standard InChI is InChI=1S/C11H12NS.HI/c1-9-12(2)8-11(13-9)10-6-4-3-5-7-10;/h3-8H,1-2H3;1H/q+1;/p-1. The van der Waals surface area contributed by atoms with Crippen molar-refractivity contribution in [3.63, 3.8) is 0 Å². The van der Waals surface area contributed by atoms with Crippen LogP contribution in [0.4, 0.5) is 0 Å². The maximum Gasteiger partial charge on any atom is 0.234 e. The third-order valence-corrected chi connectivity index (χ3v) is 3.27. The third-order valence-electron chi connectivity index (χ3n) is 2.12. The summed E-state index contributed by atoms with van der Waals surface area (Å²) < 4.78 is 2.16. The van der Waals surface area contributed by atoms with E-state index in [1.807, 2.05) is 17.4 Å². The molecule has 1 aromatic carbocycles. The van der Waals surface area contributed by atoms with Crippen LogP contribution in [0.15, 0.2) is 36.5 Å². The molecule has 0 bridgehead atoms. The zero-order chi connectivity index (χ0) is 9.26. The lowest BCUT2D eigenvalue weighted by atomic mass is 10.2. The van der Waals surface area contributed by atoms with Crippen LogP contribution in [0.1, 0.15) is 5.01 Å². The second-order valence-electron chi connectivity index (χ2n) is 3.09. The topological polar surface area (TPSA) is 3.88 Å².